The predicted octanol–water partition coefficient (Wildman–Crippen LogP) is 2.00. The maximum atomic E-state index is 11.1. The minimum Gasteiger partial charge on any atom is -0.481 e. The number of nitriles is 1. The highest BCUT2D eigenvalue weighted by Crippen LogP contribution is 2.39. The van der Waals surface area contributed by atoms with Crippen LogP contribution in [0, 0.1) is 11.3 Å². The third kappa shape index (κ3) is 2.18. The lowest BCUT2D eigenvalue weighted by Crippen LogP contribution is -2.28. The molecule has 1 aromatic rings. The van der Waals surface area contributed by atoms with E-state index in [0.29, 0.717) is 12.8 Å². The zero-order chi connectivity index (χ0) is 13.3. The number of fused-ring (bicyclic) bond motifs is 1. The summed E-state index contributed by atoms with van der Waals surface area (Å²) < 4.78 is 0. The SMILES string of the molecule is CC(CC#N)N(C)c1nc2c(s1)CCC2C(=O)O. The average molecular weight is 265 g/mol. The molecule has 0 amide bonds. The van der Waals surface area contributed by atoms with Gasteiger partial charge in [-0.05, 0) is 19.8 Å². The molecule has 96 valence electrons. The number of carboxylic acids is 1. The van der Waals surface area contributed by atoms with Crippen molar-refractivity contribution in [1.82, 2.24) is 4.98 Å². The molecule has 2 atom stereocenters. The first-order chi connectivity index (χ1) is 8.54. The number of aliphatic carboxylic acids is 1. The van der Waals surface area contributed by atoms with Gasteiger partial charge in [0.2, 0.25) is 0 Å². The molecule has 0 fully saturated rings. The van der Waals surface area contributed by atoms with E-state index in [4.69, 9.17) is 10.4 Å². The largest absolute Gasteiger partial charge is 0.481 e. The summed E-state index contributed by atoms with van der Waals surface area (Å²) in [5.41, 5.74) is 0.721. The molecule has 1 heterocycles. The first-order valence-electron chi connectivity index (χ1n) is 5.86. The molecule has 0 radical (unpaired) electrons. The molecule has 1 aliphatic rings. The van der Waals surface area contributed by atoms with E-state index >= 15 is 0 Å². The number of carboxylic acid groups (broad SMARTS) is 1. The lowest BCUT2D eigenvalue weighted by atomic mass is 10.1. The maximum Gasteiger partial charge on any atom is 0.312 e. The number of hydrogen-bond donors (Lipinski definition) is 1. The number of thiazole rings is 1. The molecule has 1 N–H and O–H groups in total. The lowest BCUT2D eigenvalue weighted by Gasteiger charge is -2.21. The van der Waals surface area contributed by atoms with Gasteiger partial charge in [0.15, 0.2) is 5.13 Å². The highest BCUT2D eigenvalue weighted by atomic mass is 32.1. The molecule has 2 unspecified atom stereocenters. The van der Waals surface area contributed by atoms with E-state index in [1.807, 2.05) is 18.9 Å². The minimum atomic E-state index is -0.793. The molecule has 1 aliphatic carbocycles. The van der Waals surface area contributed by atoms with E-state index in [0.717, 1.165) is 22.1 Å². The van der Waals surface area contributed by atoms with Crippen molar-refractivity contribution in [3.63, 3.8) is 0 Å². The van der Waals surface area contributed by atoms with Crippen molar-refractivity contribution < 1.29 is 9.90 Å². The summed E-state index contributed by atoms with van der Waals surface area (Å²) in [6.07, 6.45) is 1.88. The summed E-state index contributed by atoms with van der Waals surface area (Å²) >= 11 is 1.55. The van der Waals surface area contributed by atoms with Gasteiger partial charge in [0, 0.05) is 18.0 Å². The number of rotatable bonds is 4. The molecule has 0 aliphatic heterocycles. The van der Waals surface area contributed by atoms with Gasteiger partial charge in [0.1, 0.15) is 5.92 Å². The van der Waals surface area contributed by atoms with Crippen LogP contribution in [0.15, 0.2) is 0 Å². The van der Waals surface area contributed by atoms with Gasteiger partial charge in [-0.1, -0.05) is 0 Å². The Kier molecular flexibility index (Phi) is 3.53. The molecule has 6 heteroatoms. The fourth-order valence-electron chi connectivity index (χ4n) is 2.06. The van der Waals surface area contributed by atoms with Crippen LogP contribution >= 0.6 is 11.3 Å². The Bertz CT molecular complexity index is 506. The first kappa shape index (κ1) is 12.8. The van der Waals surface area contributed by atoms with E-state index in [9.17, 15) is 4.79 Å². The summed E-state index contributed by atoms with van der Waals surface area (Å²) in [5.74, 6) is -1.25. The Hall–Kier alpha value is -1.61. The lowest BCUT2D eigenvalue weighted by molar-refractivity contribution is -0.138. The van der Waals surface area contributed by atoms with Gasteiger partial charge in [-0.25, -0.2) is 4.98 Å². The highest BCUT2D eigenvalue weighted by Gasteiger charge is 2.33. The second kappa shape index (κ2) is 4.94. The summed E-state index contributed by atoms with van der Waals surface area (Å²) in [6, 6.07) is 2.22. The minimum absolute atomic E-state index is 0.0876. The van der Waals surface area contributed by atoms with Crippen LogP contribution < -0.4 is 4.90 Å². The van der Waals surface area contributed by atoms with Crippen molar-refractivity contribution in [2.45, 2.75) is 38.1 Å². The molecule has 0 spiro atoms. The van der Waals surface area contributed by atoms with Crippen LogP contribution in [0.4, 0.5) is 5.13 Å². The van der Waals surface area contributed by atoms with Crippen molar-refractivity contribution in [3.05, 3.63) is 10.6 Å². The van der Waals surface area contributed by atoms with Gasteiger partial charge in [-0.3, -0.25) is 4.79 Å². The quantitative estimate of drug-likeness (QED) is 0.901. The Morgan fingerprint density at radius 1 is 1.78 bits per heavy atom. The topological polar surface area (TPSA) is 77.2 Å². The van der Waals surface area contributed by atoms with E-state index in [1.54, 1.807) is 11.3 Å². The number of nitrogens with zero attached hydrogens (tertiary/aromatic N) is 3. The zero-order valence-corrected chi connectivity index (χ0v) is 11.2. The standard InChI is InChI=1S/C12H15N3O2S/c1-7(5-6-13)15(2)12-14-10-8(11(16)17)3-4-9(10)18-12/h7-8H,3-5H2,1-2H3,(H,16,17). The van der Waals surface area contributed by atoms with Gasteiger partial charge >= 0.3 is 5.97 Å². The van der Waals surface area contributed by atoms with Crippen molar-refractivity contribution >= 4 is 22.4 Å². The van der Waals surface area contributed by atoms with Crippen LogP contribution in [-0.2, 0) is 11.2 Å². The monoisotopic (exact) mass is 265 g/mol. The fraction of sp³-hybridized carbons (Fsp3) is 0.583. The molecule has 1 aromatic heterocycles. The normalized spacial score (nSPS) is 19.1. The zero-order valence-electron chi connectivity index (χ0n) is 10.4. The molecule has 0 aromatic carbocycles. The van der Waals surface area contributed by atoms with E-state index in [2.05, 4.69) is 11.1 Å². The highest BCUT2D eigenvalue weighted by molar-refractivity contribution is 7.15. The summed E-state index contributed by atoms with van der Waals surface area (Å²) in [4.78, 5) is 18.6. The number of aryl methyl sites for hydroxylation is 1. The van der Waals surface area contributed by atoms with Gasteiger partial charge in [-0.15, -0.1) is 11.3 Å². The Morgan fingerprint density at radius 2 is 2.50 bits per heavy atom. The van der Waals surface area contributed by atoms with E-state index in [1.165, 1.54) is 0 Å². The summed E-state index contributed by atoms with van der Waals surface area (Å²) in [6.45, 7) is 1.96. The van der Waals surface area contributed by atoms with Gasteiger partial charge in [0.05, 0.1) is 18.2 Å². The molecule has 0 saturated carbocycles. The number of aromatic nitrogens is 1. The number of hydrogen-bond acceptors (Lipinski definition) is 5. The fourth-order valence-corrected chi connectivity index (χ4v) is 3.26. The van der Waals surface area contributed by atoms with Gasteiger partial charge in [-0.2, -0.15) is 5.26 Å². The average Bonchev–Trinajstić information content (AvgIpc) is 2.86. The van der Waals surface area contributed by atoms with Crippen LogP contribution in [0.25, 0.3) is 0 Å². The molecule has 0 bridgehead atoms. The Balaban J connectivity index is 2.21. The van der Waals surface area contributed by atoms with Gasteiger partial charge < -0.3 is 10.0 Å². The van der Waals surface area contributed by atoms with Crippen LogP contribution in [0.2, 0.25) is 0 Å². The number of carbonyl (C=O) groups is 1. The molecular formula is C12H15N3O2S. The van der Waals surface area contributed by atoms with Crippen molar-refractivity contribution in [2.75, 3.05) is 11.9 Å². The second-order valence-corrected chi connectivity index (χ2v) is 5.62. The van der Waals surface area contributed by atoms with Crippen LogP contribution in [0.5, 0.6) is 0 Å². The van der Waals surface area contributed by atoms with Crippen LogP contribution in [-0.4, -0.2) is 29.1 Å². The Labute approximate surface area is 110 Å². The maximum absolute atomic E-state index is 11.1. The molecule has 5 nitrogen and oxygen atoms in total. The smallest absolute Gasteiger partial charge is 0.312 e. The molecular weight excluding hydrogens is 250 g/mol. The predicted molar refractivity (Wildman–Crippen MR) is 68.9 cm³/mol. The Morgan fingerprint density at radius 3 is 3.11 bits per heavy atom. The summed E-state index contributed by atoms with van der Waals surface area (Å²) in [5, 5.41) is 18.6. The number of anilines is 1. The first-order valence-corrected chi connectivity index (χ1v) is 6.68. The molecule has 18 heavy (non-hydrogen) atoms. The van der Waals surface area contributed by atoms with Gasteiger partial charge in [0.25, 0.3) is 0 Å². The van der Waals surface area contributed by atoms with E-state index in [-0.39, 0.29) is 6.04 Å². The molecule has 0 saturated heterocycles. The third-order valence-electron chi connectivity index (χ3n) is 3.35. The summed E-state index contributed by atoms with van der Waals surface area (Å²) in [7, 11) is 1.89. The van der Waals surface area contributed by atoms with Crippen LogP contribution in [0.1, 0.15) is 36.3 Å². The van der Waals surface area contributed by atoms with Crippen molar-refractivity contribution in [3.8, 4) is 6.07 Å². The van der Waals surface area contributed by atoms with E-state index < -0.39 is 11.9 Å². The third-order valence-corrected chi connectivity index (χ3v) is 4.58. The van der Waals surface area contributed by atoms with Crippen LogP contribution in [0.3, 0.4) is 0 Å². The van der Waals surface area contributed by atoms with Crippen molar-refractivity contribution in [1.29, 1.82) is 5.26 Å². The molecule has 2 rings (SSSR count). The second-order valence-electron chi connectivity index (χ2n) is 4.56. The van der Waals surface area contributed by atoms with Crippen molar-refractivity contribution in [2.24, 2.45) is 0 Å².